The summed E-state index contributed by atoms with van der Waals surface area (Å²) in [6.45, 7) is 2.28. The van der Waals surface area contributed by atoms with Gasteiger partial charge >= 0.3 is 0 Å². The highest BCUT2D eigenvalue weighted by Gasteiger charge is 2.24. The molecule has 1 nitrogen and oxygen atoms in total. The Bertz CT molecular complexity index is 512. The summed E-state index contributed by atoms with van der Waals surface area (Å²) in [7, 11) is 2.25. The zero-order valence-electron chi connectivity index (χ0n) is 13.2. The highest BCUT2D eigenvalue weighted by atomic mass is 15.1. The Morgan fingerprint density at radius 3 is 2.76 bits per heavy atom. The summed E-state index contributed by atoms with van der Waals surface area (Å²) < 4.78 is 0. The van der Waals surface area contributed by atoms with Gasteiger partial charge in [0.1, 0.15) is 0 Å². The first kappa shape index (κ1) is 14.6. The van der Waals surface area contributed by atoms with Crippen molar-refractivity contribution < 1.29 is 0 Å². The number of allylic oxidation sites excluding steroid dienone is 4. The first-order chi connectivity index (χ1) is 10.3. The third kappa shape index (κ3) is 3.85. The van der Waals surface area contributed by atoms with Gasteiger partial charge in [0.2, 0.25) is 0 Å². The minimum absolute atomic E-state index is 0.884. The van der Waals surface area contributed by atoms with E-state index in [2.05, 4.69) is 54.4 Å². The standard InChI is InChI=1S/C20H27N/c1-21(16-17-8-3-2-4-9-17)15-7-11-19-14-13-18-10-5-6-12-20(18)19/h2-6,8-9,19H,7,10-16H2,1H3. The Morgan fingerprint density at radius 2 is 1.90 bits per heavy atom. The summed E-state index contributed by atoms with van der Waals surface area (Å²) in [5, 5.41) is 0. The van der Waals surface area contributed by atoms with Gasteiger partial charge < -0.3 is 4.90 Å². The van der Waals surface area contributed by atoms with E-state index in [-0.39, 0.29) is 0 Å². The molecule has 0 fully saturated rings. The summed E-state index contributed by atoms with van der Waals surface area (Å²) in [5.41, 5.74) is 4.98. The summed E-state index contributed by atoms with van der Waals surface area (Å²) in [4.78, 5) is 2.46. The molecule has 112 valence electrons. The van der Waals surface area contributed by atoms with E-state index in [1.54, 1.807) is 11.1 Å². The second kappa shape index (κ2) is 7.09. The smallest absolute Gasteiger partial charge is 0.0230 e. The first-order valence-corrected chi connectivity index (χ1v) is 8.41. The van der Waals surface area contributed by atoms with Gasteiger partial charge in [-0.3, -0.25) is 0 Å². The number of benzene rings is 1. The molecule has 1 heteroatoms. The molecule has 0 saturated heterocycles. The summed E-state index contributed by atoms with van der Waals surface area (Å²) in [5.74, 6) is 0.884. The van der Waals surface area contributed by atoms with Crippen molar-refractivity contribution >= 4 is 0 Å². The van der Waals surface area contributed by atoms with E-state index in [0.29, 0.717) is 0 Å². The molecule has 0 saturated carbocycles. The van der Waals surface area contributed by atoms with Crippen molar-refractivity contribution in [2.75, 3.05) is 13.6 Å². The molecule has 0 aliphatic heterocycles. The molecule has 21 heavy (non-hydrogen) atoms. The molecule has 2 aliphatic carbocycles. The van der Waals surface area contributed by atoms with Gasteiger partial charge in [0.05, 0.1) is 0 Å². The summed E-state index contributed by atoms with van der Waals surface area (Å²) in [6.07, 6.45) is 12.7. The minimum Gasteiger partial charge on any atom is -0.302 e. The van der Waals surface area contributed by atoms with Gasteiger partial charge in [-0.2, -0.15) is 0 Å². The lowest BCUT2D eigenvalue weighted by Crippen LogP contribution is -2.19. The normalized spacial score (nSPS) is 21.1. The van der Waals surface area contributed by atoms with Crippen LogP contribution in [0.1, 0.15) is 44.1 Å². The van der Waals surface area contributed by atoms with E-state index in [9.17, 15) is 0 Å². The van der Waals surface area contributed by atoms with Gasteiger partial charge in [0.25, 0.3) is 0 Å². The zero-order chi connectivity index (χ0) is 14.5. The Hall–Kier alpha value is -1.34. The maximum atomic E-state index is 2.46. The lowest BCUT2D eigenvalue weighted by Gasteiger charge is -2.20. The van der Waals surface area contributed by atoms with Crippen molar-refractivity contribution in [2.45, 2.75) is 45.1 Å². The van der Waals surface area contributed by atoms with Gasteiger partial charge in [-0.05, 0) is 63.6 Å². The lowest BCUT2D eigenvalue weighted by molar-refractivity contribution is 0.309. The predicted octanol–water partition coefficient (Wildman–Crippen LogP) is 4.96. The third-order valence-corrected chi connectivity index (χ3v) is 5.00. The van der Waals surface area contributed by atoms with Crippen LogP contribution in [0.4, 0.5) is 0 Å². The molecule has 0 amide bonds. The Balaban J connectivity index is 1.41. The van der Waals surface area contributed by atoms with Gasteiger partial charge in [-0.15, -0.1) is 0 Å². The monoisotopic (exact) mass is 281 g/mol. The van der Waals surface area contributed by atoms with Crippen LogP contribution in [0.5, 0.6) is 0 Å². The predicted molar refractivity (Wildman–Crippen MR) is 90.1 cm³/mol. The maximum absolute atomic E-state index is 2.46. The van der Waals surface area contributed by atoms with Gasteiger partial charge in [0.15, 0.2) is 0 Å². The maximum Gasteiger partial charge on any atom is 0.0230 e. The van der Waals surface area contributed by atoms with E-state index in [1.165, 1.54) is 50.6 Å². The molecule has 0 N–H and O–H groups in total. The van der Waals surface area contributed by atoms with Crippen LogP contribution in [0.2, 0.25) is 0 Å². The largest absolute Gasteiger partial charge is 0.302 e. The molecule has 0 heterocycles. The number of rotatable bonds is 6. The number of hydrogen-bond acceptors (Lipinski definition) is 1. The fourth-order valence-corrected chi connectivity index (χ4v) is 3.85. The van der Waals surface area contributed by atoms with Crippen molar-refractivity contribution in [3.05, 3.63) is 59.2 Å². The molecular formula is C20H27N. The van der Waals surface area contributed by atoms with Crippen molar-refractivity contribution in [2.24, 2.45) is 5.92 Å². The highest BCUT2D eigenvalue weighted by molar-refractivity contribution is 5.30. The van der Waals surface area contributed by atoms with E-state index >= 15 is 0 Å². The first-order valence-electron chi connectivity index (χ1n) is 8.41. The van der Waals surface area contributed by atoms with Crippen LogP contribution in [0.25, 0.3) is 0 Å². The van der Waals surface area contributed by atoms with E-state index in [0.717, 1.165) is 12.5 Å². The fraction of sp³-hybridized carbons (Fsp3) is 0.500. The average molecular weight is 281 g/mol. The van der Waals surface area contributed by atoms with E-state index in [4.69, 9.17) is 0 Å². The van der Waals surface area contributed by atoms with Gasteiger partial charge in [-0.1, -0.05) is 53.6 Å². The molecular weight excluding hydrogens is 254 g/mol. The quantitative estimate of drug-likeness (QED) is 0.666. The molecule has 0 spiro atoms. The lowest BCUT2D eigenvalue weighted by atomic mass is 9.90. The SMILES string of the molecule is CN(CCCC1CCC2=C1CC=CC2)Cc1ccccc1. The van der Waals surface area contributed by atoms with Crippen LogP contribution in [0.3, 0.4) is 0 Å². The number of nitrogens with zero attached hydrogens (tertiary/aromatic N) is 1. The zero-order valence-corrected chi connectivity index (χ0v) is 13.2. The van der Waals surface area contributed by atoms with Crippen LogP contribution >= 0.6 is 0 Å². The van der Waals surface area contributed by atoms with Crippen LogP contribution in [-0.2, 0) is 6.54 Å². The molecule has 3 rings (SSSR count). The van der Waals surface area contributed by atoms with E-state index < -0.39 is 0 Å². The average Bonchev–Trinajstić information content (AvgIpc) is 2.92. The van der Waals surface area contributed by atoms with Crippen LogP contribution < -0.4 is 0 Å². The van der Waals surface area contributed by atoms with Gasteiger partial charge in [-0.25, -0.2) is 0 Å². The summed E-state index contributed by atoms with van der Waals surface area (Å²) in [6, 6.07) is 10.8. The van der Waals surface area contributed by atoms with Crippen LogP contribution in [0, 0.1) is 5.92 Å². The van der Waals surface area contributed by atoms with Crippen molar-refractivity contribution in [1.82, 2.24) is 4.90 Å². The molecule has 1 unspecified atom stereocenters. The van der Waals surface area contributed by atoms with Crippen molar-refractivity contribution in [1.29, 1.82) is 0 Å². The minimum atomic E-state index is 0.884. The summed E-state index contributed by atoms with van der Waals surface area (Å²) >= 11 is 0. The fourth-order valence-electron chi connectivity index (χ4n) is 3.85. The molecule has 1 aromatic carbocycles. The molecule has 0 aromatic heterocycles. The third-order valence-electron chi connectivity index (χ3n) is 5.00. The van der Waals surface area contributed by atoms with E-state index in [1.807, 2.05) is 0 Å². The van der Waals surface area contributed by atoms with Crippen LogP contribution in [0.15, 0.2) is 53.6 Å². The van der Waals surface area contributed by atoms with Crippen molar-refractivity contribution in [3.63, 3.8) is 0 Å². The Morgan fingerprint density at radius 1 is 1.10 bits per heavy atom. The Kier molecular flexibility index (Phi) is 4.92. The molecule has 2 aliphatic rings. The topological polar surface area (TPSA) is 3.24 Å². The van der Waals surface area contributed by atoms with Crippen molar-refractivity contribution in [3.8, 4) is 0 Å². The molecule has 1 aromatic rings. The van der Waals surface area contributed by atoms with Gasteiger partial charge in [0, 0.05) is 6.54 Å². The second-order valence-electron chi connectivity index (χ2n) is 6.61. The second-order valence-corrected chi connectivity index (χ2v) is 6.61. The highest BCUT2D eigenvalue weighted by Crippen LogP contribution is 2.40. The Labute approximate surface area is 129 Å². The molecule has 1 atom stereocenters. The molecule has 0 radical (unpaired) electrons. The van der Waals surface area contributed by atoms with Crippen LogP contribution in [-0.4, -0.2) is 18.5 Å². The number of hydrogen-bond donors (Lipinski definition) is 0. The molecule has 0 bridgehead atoms.